The van der Waals surface area contributed by atoms with E-state index in [2.05, 4.69) is 4.98 Å². The smallest absolute Gasteiger partial charge is 0.145 e. The summed E-state index contributed by atoms with van der Waals surface area (Å²) in [6, 6.07) is 1.76. The quantitative estimate of drug-likeness (QED) is 0.839. The van der Waals surface area contributed by atoms with Crippen molar-refractivity contribution in [2.75, 3.05) is 5.73 Å². The molecule has 0 saturated heterocycles. The minimum absolute atomic E-state index is 0. The molecule has 0 saturated carbocycles. The predicted molar refractivity (Wildman–Crippen MR) is 58.9 cm³/mol. The van der Waals surface area contributed by atoms with Crippen LogP contribution in [0.1, 0.15) is 13.8 Å². The highest BCUT2D eigenvalue weighted by Crippen LogP contribution is 2.19. The molecule has 2 N–H and O–H groups in total. The fraction of sp³-hybridized carbons (Fsp3) is 0.375. The highest BCUT2D eigenvalue weighted by molar-refractivity contribution is 5.85. The maximum absolute atomic E-state index is 5.58. The van der Waals surface area contributed by atoms with Crippen LogP contribution in [0.5, 0.6) is 5.75 Å². The van der Waals surface area contributed by atoms with Crippen molar-refractivity contribution < 1.29 is 4.74 Å². The minimum atomic E-state index is 0. The second-order valence-electron chi connectivity index (χ2n) is 2.58. The highest BCUT2D eigenvalue weighted by Gasteiger charge is 2.00. The van der Waals surface area contributed by atoms with E-state index in [0.29, 0.717) is 11.4 Å². The van der Waals surface area contributed by atoms with Gasteiger partial charge in [0.25, 0.3) is 0 Å². The largest absolute Gasteiger partial charge is 0.489 e. The summed E-state index contributed by atoms with van der Waals surface area (Å²) in [5.41, 5.74) is 6.17. The Morgan fingerprint density at radius 1 is 1.38 bits per heavy atom. The number of pyridine rings is 1. The van der Waals surface area contributed by atoms with Crippen LogP contribution >= 0.6 is 24.8 Å². The molecule has 0 atom stereocenters. The average Bonchev–Trinajstić information content (AvgIpc) is 1.93. The maximum Gasteiger partial charge on any atom is 0.145 e. The van der Waals surface area contributed by atoms with Crippen molar-refractivity contribution in [3.63, 3.8) is 0 Å². The zero-order valence-electron chi connectivity index (χ0n) is 7.56. The molecule has 0 aromatic carbocycles. The van der Waals surface area contributed by atoms with E-state index in [1.54, 1.807) is 18.5 Å². The molecule has 1 aromatic rings. The van der Waals surface area contributed by atoms with E-state index in [1.807, 2.05) is 13.8 Å². The molecule has 0 spiro atoms. The Labute approximate surface area is 90.5 Å². The topological polar surface area (TPSA) is 48.1 Å². The van der Waals surface area contributed by atoms with Gasteiger partial charge in [0.2, 0.25) is 0 Å². The molecule has 0 aliphatic carbocycles. The van der Waals surface area contributed by atoms with Gasteiger partial charge in [-0.15, -0.1) is 24.8 Å². The van der Waals surface area contributed by atoms with E-state index < -0.39 is 0 Å². The molecule has 0 aliphatic heterocycles. The lowest BCUT2D eigenvalue weighted by atomic mass is 10.4. The van der Waals surface area contributed by atoms with E-state index >= 15 is 0 Å². The molecule has 3 nitrogen and oxygen atoms in total. The van der Waals surface area contributed by atoms with Gasteiger partial charge in [0, 0.05) is 12.3 Å². The third-order valence-electron chi connectivity index (χ3n) is 1.17. The van der Waals surface area contributed by atoms with Gasteiger partial charge in [-0.3, -0.25) is 4.98 Å². The number of hydrogen-bond acceptors (Lipinski definition) is 3. The van der Waals surface area contributed by atoms with Crippen LogP contribution in [0.15, 0.2) is 18.5 Å². The van der Waals surface area contributed by atoms with E-state index in [1.165, 1.54) is 0 Å². The van der Waals surface area contributed by atoms with Crippen molar-refractivity contribution in [1.29, 1.82) is 0 Å². The van der Waals surface area contributed by atoms with Gasteiger partial charge in [0.15, 0.2) is 0 Å². The third-order valence-corrected chi connectivity index (χ3v) is 1.17. The van der Waals surface area contributed by atoms with Crippen LogP contribution in [0.2, 0.25) is 0 Å². The number of nitrogen functional groups attached to an aromatic ring is 1. The number of nitrogens with zero attached hydrogens (tertiary/aromatic N) is 1. The van der Waals surface area contributed by atoms with Crippen LogP contribution in [0.3, 0.4) is 0 Å². The van der Waals surface area contributed by atoms with Crippen LogP contribution in [-0.2, 0) is 0 Å². The highest BCUT2D eigenvalue weighted by atomic mass is 35.5. The van der Waals surface area contributed by atoms with Crippen LogP contribution in [0.25, 0.3) is 0 Å². The molecule has 5 heteroatoms. The van der Waals surface area contributed by atoms with Crippen LogP contribution in [0, 0.1) is 0 Å². The van der Waals surface area contributed by atoms with Crippen molar-refractivity contribution in [3.05, 3.63) is 18.5 Å². The SMILES string of the molecule is CC(C)Oc1ccncc1N.Cl.Cl. The van der Waals surface area contributed by atoms with Crippen molar-refractivity contribution in [3.8, 4) is 5.75 Å². The van der Waals surface area contributed by atoms with Crippen molar-refractivity contribution in [1.82, 2.24) is 4.98 Å². The average molecular weight is 225 g/mol. The van der Waals surface area contributed by atoms with Gasteiger partial charge in [-0.05, 0) is 13.8 Å². The zero-order valence-corrected chi connectivity index (χ0v) is 9.19. The molecule has 1 rings (SSSR count). The summed E-state index contributed by atoms with van der Waals surface area (Å²) in [6.07, 6.45) is 3.39. The number of anilines is 1. The monoisotopic (exact) mass is 224 g/mol. The molecular formula is C8H14Cl2N2O. The summed E-state index contributed by atoms with van der Waals surface area (Å²) >= 11 is 0. The predicted octanol–water partition coefficient (Wildman–Crippen LogP) is 2.29. The molecule has 0 amide bonds. The summed E-state index contributed by atoms with van der Waals surface area (Å²) in [6.45, 7) is 3.92. The van der Waals surface area contributed by atoms with E-state index in [0.717, 1.165) is 0 Å². The summed E-state index contributed by atoms with van der Waals surface area (Å²) in [5.74, 6) is 0.704. The first-order valence-corrected chi connectivity index (χ1v) is 3.56. The first-order valence-electron chi connectivity index (χ1n) is 3.56. The standard InChI is InChI=1S/C8H12N2O.2ClH/c1-6(2)11-8-3-4-10-5-7(8)9;;/h3-6H,9H2,1-2H3;2*1H. The lowest BCUT2D eigenvalue weighted by Crippen LogP contribution is -2.07. The Hall–Kier alpha value is -0.670. The number of halogens is 2. The third kappa shape index (κ3) is 4.80. The molecule has 0 fully saturated rings. The molecule has 13 heavy (non-hydrogen) atoms. The maximum atomic E-state index is 5.58. The van der Waals surface area contributed by atoms with Crippen molar-refractivity contribution in [2.45, 2.75) is 20.0 Å². The molecular weight excluding hydrogens is 211 g/mol. The summed E-state index contributed by atoms with van der Waals surface area (Å²) < 4.78 is 5.38. The number of ether oxygens (including phenoxy) is 1. The van der Waals surface area contributed by atoms with Gasteiger partial charge >= 0.3 is 0 Å². The Morgan fingerprint density at radius 3 is 2.46 bits per heavy atom. The normalized spacial score (nSPS) is 8.54. The van der Waals surface area contributed by atoms with Gasteiger partial charge in [-0.1, -0.05) is 0 Å². The number of aromatic nitrogens is 1. The van der Waals surface area contributed by atoms with E-state index in [-0.39, 0.29) is 30.9 Å². The zero-order chi connectivity index (χ0) is 8.27. The van der Waals surface area contributed by atoms with Crippen LogP contribution in [-0.4, -0.2) is 11.1 Å². The van der Waals surface area contributed by atoms with E-state index in [4.69, 9.17) is 10.5 Å². The molecule has 1 aromatic heterocycles. The van der Waals surface area contributed by atoms with Gasteiger partial charge in [-0.25, -0.2) is 0 Å². The number of rotatable bonds is 2. The Balaban J connectivity index is 0. The van der Waals surface area contributed by atoms with Crippen molar-refractivity contribution >= 4 is 30.5 Å². The summed E-state index contributed by atoms with van der Waals surface area (Å²) in [4.78, 5) is 3.85. The number of hydrogen-bond donors (Lipinski definition) is 1. The van der Waals surface area contributed by atoms with Crippen molar-refractivity contribution in [2.24, 2.45) is 0 Å². The molecule has 76 valence electrons. The molecule has 0 bridgehead atoms. The fourth-order valence-corrected chi connectivity index (χ4v) is 0.755. The van der Waals surface area contributed by atoms with Crippen LogP contribution in [0.4, 0.5) is 5.69 Å². The van der Waals surface area contributed by atoms with Gasteiger partial charge in [0.1, 0.15) is 5.75 Å². The second-order valence-corrected chi connectivity index (χ2v) is 2.58. The van der Waals surface area contributed by atoms with Gasteiger partial charge in [0.05, 0.1) is 18.0 Å². The Kier molecular flexibility index (Phi) is 7.76. The van der Waals surface area contributed by atoms with Gasteiger partial charge in [-0.2, -0.15) is 0 Å². The summed E-state index contributed by atoms with van der Waals surface area (Å²) in [7, 11) is 0. The first-order chi connectivity index (χ1) is 5.20. The Bertz CT molecular complexity index is 243. The second kappa shape index (κ2) is 6.80. The minimum Gasteiger partial charge on any atom is -0.489 e. The molecule has 0 aliphatic rings. The van der Waals surface area contributed by atoms with E-state index in [9.17, 15) is 0 Å². The Morgan fingerprint density at radius 2 is 2.00 bits per heavy atom. The molecule has 0 radical (unpaired) electrons. The first kappa shape index (κ1) is 14.8. The fourth-order valence-electron chi connectivity index (χ4n) is 0.755. The summed E-state index contributed by atoms with van der Waals surface area (Å²) in [5, 5.41) is 0. The lowest BCUT2D eigenvalue weighted by Gasteiger charge is -2.10. The number of nitrogens with two attached hydrogens (primary N) is 1. The van der Waals surface area contributed by atoms with Crippen LogP contribution < -0.4 is 10.5 Å². The molecule has 0 unspecified atom stereocenters. The van der Waals surface area contributed by atoms with Gasteiger partial charge < -0.3 is 10.5 Å². The molecule has 1 heterocycles. The lowest BCUT2D eigenvalue weighted by molar-refractivity contribution is 0.243.